The molecule has 4 N–H and O–H groups in total. The summed E-state index contributed by atoms with van der Waals surface area (Å²) >= 11 is 0. The van der Waals surface area contributed by atoms with Crippen molar-refractivity contribution in [1.29, 1.82) is 0 Å². The first-order valence-corrected chi connectivity index (χ1v) is 7.02. The third kappa shape index (κ3) is 2.74. The molecule has 0 amide bonds. The summed E-state index contributed by atoms with van der Waals surface area (Å²) in [6.45, 7) is 1.60. The second-order valence-corrected chi connectivity index (χ2v) is 5.79. The lowest BCUT2D eigenvalue weighted by atomic mass is 10.0. The van der Waals surface area contributed by atoms with Gasteiger partial charge in [0, 0.05) is 11.3 Å². The van der Waals surface area contributed by atoms with Crippen molar-refractivity contribution in [2.75, 3.05) is 5.73 Å². The van der Waals surface area contributed by atoms with Gasteiger partial charge in [-0.1, -0.05) is 6.07 Å². The minimum absolute atomic E-state index is 0.0345. The number of benzene rings is 2. The maximum Gasteiger partial charge on any atom is 0.238 e. The van der Waals surface area contributed by atoms with Gasteiger partial charge in [0.15, 0.2) is 0 Å². The van der Waals surface area contributed by atoms with E-state index in [0.717, 1.165) is 0 Å². The molecule has 0 aromatic heterocycles. The zero-order valence-corrected chi connectivity index (χ0v) is 11.0. The Labute approximate surface area is 110 Å². The Balaban J connectivity index is 2.73. The Bertz CT molecular complexity index is 742. The molecule has 0 radical (unpaired) electrons. The number of nitrogens with two attached hydrogens (primary N) is 2. The van der Waals surface area contributed by atoms with Crippen LogP contribution in [0.5, 0.6) is 0 Å². The second kappa shape index (κ2) is 4.64. The van der Waals surface area contributed by atoms with Crippen LogP contribution in [0.1, 0.15) is 5.56 Å². The Hall–Kier alpha value is -1.92. The lowest BCUT2D eigenvalue weighted by Crippen LogP contribution is -2.13. The van der Waals surface area contributed by atoms with E-state index < -0.39 is 10.0 Å². The zero-order valence-electron chi connectivity index (χ0n) is 10.2. The zero-order chi connectivity index (χ0) is 14.2. The first-order valence-electron chi connectivity index (χ1n) is 5.48. The fourth-order valence-electron chi connectivity index (χ4n) is 1.83. The molecule has 0 saturated carbocycles. The molecule has 2 aromatic rings. The summed E-state index contributed by atoms with van der Waals surface area (Å²) in [7, 11) is -3.87. The highest BCUT2D eigenvalue weighted by Gasteiger charge is 2.16. The number of primary sulfonamides is 1. The van der Waals surface area contributed by atoms with Crippen LogP contribution in [-0.2, 0) is 10.0 Å². The number of anilines is 1. The molecule has 0 aliphatic carbocycles. The number of rotatable bonds is 2. The molecule has 0 bridgehead atoms. The van der Waals surface area contributed by atoms with Crippen LogP contribution in [0.4, 0.5) is 10.1 Å². The molecule has 0 saturated heterocycles. The molecule has 0 atom stereocenters. The molecular weight excluding hydrogens is 267 g/mol. The predicted molar refractivity (Wildman–Crippen MR) is 72.4 cm³/mol. The van der Waals surface area contributed by atoms with E-state index >= 15 is 0 Å². The van der Waals surface area contributed by atoms with Gasteiger partial charge in [0.2, 0.25) is 10.0 Å². The van der Waals surface area contributed by atoms with E-state index in [1.807, 2.05) is 0 Å². The molecule has 0 spiro atoms. The van der Waals surface area contributed by atoms with Gasteiger partial charge in [-0.2, -0.15) is 0 Å². The highest BCUT2D eigenvalue weighted by Crippen LogP contribution is 2.29. The smallest absolute Gasteiger partial charge is 0.238 e. The third-order valence-corrected chi connectivity index (χ3v) is 3.75. The fraction of sp³-hybridized carbons (Fsp3) is 0.0769. The van der Waals surface area contributed by atoms with Gasteiger partial charge in [0.25, 0.3) is 0 Å². The van der Waals surface area contributed by atoms with Gasteiger partial charge in [-0.3, -0.25) is 0 Å². The average Bonchev–Trinajstić information content (AvgIpc) is 2.31. The Kier molecular flexibility index (Phi) is 3.30. The van der Waals surface area contributed by atoms with Gasteiger partial charge >= 0.3 is 0 Å². The van der Waals surface area contributed by atoms with Crippen LogP contribution in [0, 0.1) is 12.7 Å². The fourth-order valence-corrected chi connectivity index (χ4v) is 2.57. The van der Waals surface area contributed by atoms with Gasteiger partial charge in [0.05, 0.1) is 4.90 Å². The Morgan fingerprint density at radius 1 is 1.11 bits per heavy atom. The van der Waals surface area contributed by atoms with Crippen molar-refractivity contribution in [2.45, 2.75) is 11.8 Å². The van der Waals surface area contributed by atoms with Crippen molar-refractivity contribution in [3.8, 4) is 11.1 Å². The van der Waals surface area contributed by atoms with Crippen molar-refractivity contribution in [2.24, 2.45) is 5.14 Å². The molecule has 4 nitrogen and oxygen atoms in total. The maximum absolute atomic E-state index is 13.3. The van der Waals surface area contributed by atoms with Gasteiger partial charge in [-0.25, -0.2) is 17.9 Å². The minimum Gasteiger partial charge on any atom is -0.399 e. The largest absolute Gasteiger partial charge is 0.399 e. The maximum atomic E-state index is 13.3. The molecule has 2 aromatic carbocycles. The van der Waals surface area contributed by atoms with Crippen molar-refractivity contribution in [3.63, 3.8) is 0 Å². The van der Waals surface area contributed by atoms with Gasteiger partial charge in [0.1, 0.15) is 5.82 Å². The van der Waals surface area contributed by atoms with Gasteiger partial charge in [-0.15, -0.1) is 0 Å². The molecule has 0 aliphatic heterocycles. The standard InChI is InChI=1S/C13H13FN2O2S/c1-8-6-9(2-4-12(8)14)11-7-10(15)3-5-13(11)19(16,17)18/h2-7H,15H2,1H3,(H2,16,17,18). The SMILES string of the molecule is Cc1cc(-c2cc(N)ccc2S(N)(=O)=O)ccc1F. The summed E-state index contributed by atoms with van der Waals surface area (Å²) in [6, 6.07) is 8.64. The summed E-state index contributed by atoms with van der Waals surface area (Å²) in [5.41, 5.74) is 7.41. The lowest BCUT2D eigenvalue weighted by Gasteiger charge is -2.10. The van der Waals surface area contributed by atoms with Gasteiger partial charge < -0.3 is 5.73 Å². The third-order valence-electron chi connectivity index (χ3n) is 2.78. The van der Waals surface area contributed by atoms with Crippen molar-refractivity contribution in [1.82, 2.24) is 0 Å². The monoisotopic (exact) mass is 280 g/mol. The van der Waals surface area contributed by atoms with Crippen molar-refractivity contribution >= 4 is 15.7 Å². The van der Waals surface area contributed by atoms with Crippen molar-refractivity contribution in [3.05, 3.63) is 47.8 Å². The summed E-state index contributed by atoms with van der Waals surface area (Å²) in [6.07, 6.45) is 0. The van der Waals surface area contributed by atoms with Crippen LogP contribution < -0.4 is 10.9 Å². The second-order valence-electron chi connectivity index (χ2n) is 4.26. The minimum atomic E-state index is -3.87. The number of aryl methyl sites for hydroxylation is 1. The summed E-state index contributed by atoms with van der Waals surface area (Å²) in [5, 5.41) is 5.17. The Morgan fingerprint density at radius 2 is 1.79 bits per heavy atom. The molecular formula is C13H13FN2O2S. The number of halogens is 1. The molecule has 100 valence electrons. The van der Waals surface area contributed by atoms with Crippen LogP contribution in [0.2, 0.25) is 0 Å². The summed E-state index contributed by atoms with van der Waals surface area (Å²) in [4.78, 5) is -0.0345. The van der Waals surface area contributed by atoms with Crippen LogP contribution in [0.15, 0.2) is 41.3 Å². The molecule has 0 fully saturated rings. The highest BCUT2D eigenvalue weighted by atomic mass is 32.2. The normalized spacial score (nSPS) is 11.5. The lowest BCUT2D eigenvalue weighted by molar-refractivity contribution is 0.598. The first kappa shape index (κ1) is 13.5. The number of hydrogen-bond acceptors (Lipinski definition) is 3. The van der Waals surface area contributed by atoms with E-state index in [0.29, 0.717) is 22.4 Å². The van der Waals surface area contributed by atoms with Crippen molar-refractivity contribution < 1.29 is 12.8 Å². The number of hydrogen-bond donors (Lipinski definition) is 2. The topological polar surface area (TPSA) is 86.2 Å². The average molecular weight is 280 g/mol. The van der Waals surface area contributed by atoms with E-state index in [-0.39, 0.29) is 10.7 Å². The highest BCUT2D eigenvalue weighted by molar-refractivity contribution is 7.89. The summed E-state index contributed by atoms with van der Waals surface area (Å²) in [5.74, 6) is -0.357. The van der Waals surface area contributed by atoms with Crippen LogP contribution in [0.25, 0.3) is 11.1 Å². The van der Waals surface area contributed by atoms with E-state index in [4.69, 9.17) is 10.9 Å². The molecule has 6 heteroatoms. The quantitative estimate of drug-likeness (QED) is 0.825. The molecule has 2 rings (SSSR count). The summed E-state index contributed by atoms with van der Waals surface area (Å²) < 4.78 is 36.4. The Morgan fingerprint density at radius 3 is 2.37 bits per heavy atom. The van der Waals surface area contributed by atoms with E-state index in [1.165, 1.54) is 30.3 Å². The van der Waals surface area contributed by atoms with E-state index in [9.17, 15) is 12.8 Å². The predicted octanol–water partition coefficient (Wildman–Crippen LogP) is 2.03. The number of sulfonamides is 1. The number of nitrogen functional groups attached to an aromatic ring is 1. The van der Waals surface area contributed by atoms with Crippen LogP contribution in [-0.4, -0.2) is 8.42 Å². The molecule has 0 unspecified atom stereocenters. The van der Waals surface area contributed by atoms with Crippen LogP contribution >= 0.6 is 0 Å². The molecule has 0 aliphatic rings. The first-order chi connectivity index (χ1) is 8.79. The van der Waals surface area contributed by atoms with Gasteiger partial charge in [-0.05, 0) is 48.4 Å². The molecule has 0 heterocycles. The van der Waals surface area contributed by atoms with E-state index in [1.54, 1.807) is 13.0 Å². The van der Waals surface area contributed by atoms with Crippen LogP contribution in [0.3, 0.4) is 0 Å². The van der Waals surface area contributed by atoms with E-state index in [2.05, 4.69) is 0 Å². The molecule has 19 heavy (non-hydrogen) atoms.